The van der Waals surface area contributed by atoms with E-state index in [-0.39, 0.29) is 53.3 Å². The first-order chi connectivity index (χ1) is 21.0. The Morgan fingerprint density at radius 1 is 1.09 bits per heavy atom. The van der Waals surface area contributed by atoms with E-state index in [1.165, 1.54) is 11.6 Å². The van der Waals surface area contributed by atoms with Crippen LogP contribution < -0.4 is 10.1 Å². The first-order valence-electron chi connectivity index (χ1n) is 13.9. The van der Waals surface area contributed by atoms with Gasteiger partial charge in [-0.3, -0.25) is 19.1 Å². The first-order valence-corrected chi connectivity index (χ1v) is 16.5. The molecule has 3 aromatic heterocycles. The third kappa shape index (κ3) is 6.19. The molecular formula is C29H28BrN7O6S. The number of anilines is 1. The van der Waals surface area contributed by atoms with Crippen molar-refractivity contribution in [3.63, 3.8) is 0 Å². The number of aromatic nitrogens is 5. The van der Waals surface area contributed by atoms with Crippen molar-refractivity contribution in [2.24, 2.45) is 5.92 Å². The molecule has 0 radical (unpaired) electrons. The molecule has 4 aromatic rings. The van der Waals surface area contributed by atoms with E-state index >= 15 is 0 Å². The minimum absolute atomic E-state index is 0.0525. The Balaban J connectivity index is 1.21. The van der Waals surface area contributed by atoms with Gasteiger partial charge in [-0.15, -0.1) is 0 Å². The predicted octanol–water partition coefficient (Wildman–Crippen LogP) is 2.90. The molecule has 2 fully saturated rings. The highest BCUT2D eigenvalue weighted by molar-refractivity contribution is 9.10. The van der Waals surface area contributed by atoms with Gasteiger partial charge < -0.3 is 15.0 Å². The number of ketones is 1. The van der Waals surface area contributed by atoms with Crippen LogP contribution in [0.1, 0.15) is 30.8 Å². The Hall–Kier alpha value is -4.24. The summed E-state index contributed by atoms with van der Waals surface area (Å²) in [4.78, 5) is 53.5. The van der Waals surface area contributed by atoms with Crippen LogP contribution in [0.3, 0.4) is 0 Å². The lowest BCUT2D eigenvalue weighted by molar-refractivity contribution is -0.137. The minimum atomic E-state index is -3.03. The number of sulfone groups is 1. The molecule has 2 aliphatic heterocycles. The summed E-state index contributed by atoms with van der Waals surface area (Å²) >= 11 is 3.30. The van der Waals surface area contributed by atoms with E-state index in [4.69, 9.17) is 4.74 Å². The predicted molar refractivity (Wildman–Crippen MR) is 164 cm³/mol. The average Bonchev–Trinajstić information content (AvgIpc) is 3.53. The maximum Gasteiger partial charge on any atom is 0.316 e. The number of pyridine rings is 1. The number of halogens is 1. The molecule has 2 amide bonds. The highest BCUT2D eigenvalue weighted by Crippen LogP contribution is 2.29. The van der Waals surface area contributed by atoms with Gasteiger partial charge >= 0.3 is 6.01 Å². The van der Waals surface area contributed by atoms with Crippen molar-refractivity contribution in [1.82, 2.24) is 29.6 Å². The van der Waals surface area contributed by atoms with Crippen LogP contribution in [-0.2, 0) is 26.0 Å². The van der Waals surface area contributed by atoms with E-state index in [1.54, 1.807) is 47.6 Å². The second kappa shape index (κ2) is 11.7. The Labute approximate surface area is 261 Å². The van der Waals surface area contributed by atoms with Crippen molar-refractivity contribution in [2.75, 3.05) is 23.4 Å². The zero-order valence-electron chi connectivity index (χ0n) is 23.8. The molecule has 0 unspecified atom stereocenters. The molecule has 44 heavy (non-hydrogen) atoms. The van der Waals surface area contributed by atoms with E-state index in [0.717, 1.165) is 5.56 Å². The quantitative estimate of drug-likeness (QED) is 0.216. The lowest BCUT2D eigenvalue weighted by atomic mass is 10.0. The van der Waals surface area contributed by atoms with Crippen molar-refractivity contribution in [3.05, 3.63) is 59.1 Å². The second-order valence-electron chi connectivity index (χ2n) is 11.1. The van der Waals surface area contributed by atoms with Crippen molar-refractivity contribution < 1.29 is 27.5 Å². The summed E-state index contributed by atoms with van der Waals surface area (Å²) in [6, 6.07) is 9.98. The molecule has 2 atom stereocenters. The van der Waals surface area contributed by atoms with Crippen molar-refractivity contribution >= 4 is 60.1 Å². The van der Waals surface area contributed by atoms with Gasteiger partial charge in [-0.1, -0.05) is 19.1 Å². The number of nitrogens with zero attached hydrogens (tertiary/aromatic N) is 6. The number of fused-ring (bicyclic) bond motifs is 1. The van der Waals surface area contributed by atoms with Gasteiger partial charge in [0.1, 0.15) is 34.8 Å². The third-order valence-electron chi connectivity index (χ3n) is 7.58. The lowest BCUT2D eigenvalue weighted by Gasteiger charge is -2.25. The van der Waals surface area contributed by atoms with Gasteiger partial charge in [-0.25, -0.2) is 23.4 Å². The molecule has 1 aromatic carbocycles. The number of amides is 2. The molecule has 228 valence electrons. The molecule has 0 saturated carbocycles. The lowest BCUT2D eigenvalue weighted by Crippen LogP contribution is -2.45. The molecule has 15 heteroatoms. The van der Waals surface area contributed by atoms with Crippen molar-refractivity contribution in [3.8, 4) is 17.1 Å². The third-order valence-corrected chi connectivity index (χ3v) is 9.78. The van der Waals surface area contributed by atoms with Gasteiger partial charge in [-0.2, -0.15) is 5.10 Å². The maximum absolute atomic E-state index is 13.6. The van der Waals surface area contributed by atoms with Crippen LogP contribution in [0.25, 0.3) is 22.0 Å². The fraction of sp³-hybridized carbons (Fsp3) is 0.345. The summed E-state index contributed by atoms with van der Waals surface area (Å²) in [5, 5.41) is 7.84. The van der Waals surface area contributed by atoms with Crippen molar-refractivity contribution in [2.45, 2.75) is 39.0 Å². The number of carbonyl (C=O) groups is 3. The van der Waals surface area contributed by atoms with E-state index in [2.05, 4.69) is 41.3 Å². The number of nitrogens with one attached hydrogen (secondary N) is 1. The minimum Gasteiger partial charge on any atom is -0.458 e. The monoisotopic (exact) mass is 681 g/mol. The zero-order chi connectivity index (χ0) is 31.2. The van der Waals surface area contributed by atoms with Gasteiger partial charge in [0.05, 0.1) is 17.0 Å². The van der Waals surface area contributed by atoms with Crippen LogP contribution in [0.5, 0.6) is 6.01 Å². The number of Topliss-reactive ketones (excluding diaryl/α,β-unsaturated/α-hetero) is 1. The summed E-state index contributed by atoms with van der Waals surface area (Å²) in [6.45, 7) is 3.67. The SMILES string of the molecule is CC(=O)c1nn(CC(=O)N2C[C@@H](C)C[C@H]2C(=O)Nc2cccc(Br)n2)c2ccc(-c3cnc(OC4CS(=O)(=O)C4)nc3)cc12. The second-order valence-corrected chi connectivity index (χ2v) is 14.1. The Bertz CT molecular complexity index is 1880. The number of hydrogen-bond acceptors (Lipinski definition) is 10. The Morgan fingerprint density at radius 3 is 2.52 bits per heavy atom. The maximum atomic E-state index is 13.6. The molecule has 2 saturated heterocycles. The summed E-state index contributed by atoms with van der Waals surface area (Å²) in [5.41, 5.74) is 2.17. The standard InChI is InChI=1S/C29H28BrN7O6S/c1-16-8-23(28(40)34-25-5-3-4-24(30)33-25)36(12-16)26(39)13-37-22-7-6-18(9-21(22)27(35-37)17(2)38)19-10-31-29(32-11-19)43-20-14-44(41,42)15-20/h3-7,9-11,16,20,23H,8,12-15H2,1-2H3,(H,33,34,40)/t16-,23-/m0/s1. The first kappa shape index (κ1) is 29.8. The van der Waals surface area contributed by atoms with E-state index in [9.17, 15) is 22.8 Å². The topological polar surface area (TPSA) is 166 Å². The number of likely N-dealkylation sites (tertiary alicyclic amines) is 1. The van der Waals surface area contributed by atoms with Crippen molar-refractivity contribution in [1.29, 1.82) is 0 Å². The van der Waals surface area contributed by atoms with Crippen LogP contribution >= 0.6 is 15.9 Å². The molecule has 13 nitrogen and oxygen atoms in total. The van der Waals surface area contributed by atoms with E-state index < -0.39 is 22.0 Å². The Kier molecular flexibility index (Phi) is 7.92. The van der Waals surface area contributed by atoms with E-state index in [0.29, 0.717) is 39.9 Å². The van der Waals surface area contributed by atoms with Crippen LogP contribution in [0.15, 0.2) is 53.4 Å². The zero-order valence-corrected chi connectivity index (χ0v) is 26.2. The Morgan fingerprint density at radius 2 is 1.84 bits per heavy atom. The number of carbonyl (C=O) groups excluding carboxylic acids is 3. The van der Waals surface area contributed by atoms with Gasteiger partial charge in [-0.05, 0) is 58.1 Å². The highest BCUT2D eigenvalue weighted by atomic mass is 79.9. The molecule has 2 aliphatic rings. The molecule has 0 bridgehead atoms. The average molecular weight is 683 g/mol. The molecule has 0 spiro atoms. The summed E-state index contributed by atoms with van der Waals surface area (Å²) in [7, 11) is -3.03. The summed E-state index contributed by atoms with van der Waals surface area (Å²) in [5.74, 6) is -0.463. The molecule has 0 aliphatic carbocycles. The highest BCUT2D eigenvalue weighted by Gasteiger charge is 2.38. The van der Waals surface area contributed by atoms with Gasteiger partial charge in [0.2, 0.25) is 11.8 Å². The van der Waals surface area contributed by atoms with Crippen LogP contribution in [0, 0.1) is 5.92 Å². The summed E-state index contributed by atoms with van der Waals surface area (Å²) in [6.07, 6.45) is 3.17. The molecule has 6 rings (SSSR count). The van der Waals surface area contributed by atoms with Gasteiger partial charge in [0.15, 0.2) is 15.6 Å². The van der Waals surface area contributed by atoms with Crippen LogP contribution in [0.4, 0.5) is 5.82 Å². The van der Waals surface area contributed by atoms with Crippen LogP contribution in [-0.4, -0.2) is 85.8 Å². The van der Waals surface area contributed by atoms with Gasteiger partial charge in [0, 0.05) is 36.8 Å². The molecular weight excluding hydrogens is 654 g/mol. The number of hydrogen-bond donors (Lipinski definition) is 1. The molecule has 5 heterocycles. The smallest absolute Gasteiger partial charge is 0.316 e. The number of benzene rings is 1. The van der Waals surface area contributed by atoms with Crippen LogP contribution in [0.2, 0.25) is 0 Å². The largest absolute Gasteiger partial charge is 0.458 e. The normalized spacial score (nSPS) is 19.5. The number of rotatable bonds is 8. The van der Waals surface area contributed by atoms with E-state index in [1.807, 2.05) is 13.0 Å². The van der Waals surface area contributed by atoms with Gasteiger partial charge in [0.25, 0.3) is 0 Å². The fourth-order valence-electron chi connectivity index (χ4n) is 5.48. The fourth-order valence-corrected chi connectivity index (χ4v) is 6.99. The number of ether oxygens (including phenoxy) is 1. The molecule has 1 N–H and O–H groups in total. The summed E-state index contributed by atoms with van der Waals surface area (Å²) < 4.78 is 30.3.